The first-order chi connectivity index (χ1) is 16.7. The minimum absolute atomic E-state index is 0.104. The van der Waals surface area contributed by atoms with Gasteiger partial charge in [0.15, 0.2) is 0 Å². The summed E-state index contributed by atoms with van der Waals surface area (Å²) in [7, 11) is 1.71. The number of carbonyl (C=O) groups excluding carboxylic acids is 1. The van der Waals surface area contributed by atoms with Gasteiger partial charge < -0.3 is 19.8 Å². The first-order valence-corrected chi connectivity index (χ1v) is 11.0. The van der Waals surface area contributed by atoms with Gasteiger partial charge in [-0.25, -0.2) is 0 Å². The van der Waals surface area contributed by atoms with Crippen LogP contribution in [0.3, 0.4) is 0 Å². The molecular formula is C26H24F3N3O3. The molecular weight excluding hydrogens is 459 g/mol. The summed E-state index contributed by atoms with van der Waals surface area (Å²) in [5, 5.41) is 3.09. The molecule has 1 amide bonds. The number of benzene rings is 2. The van der Waals surface area contributed by atoms with Crippen LogP contribution in [0.2, 0.25) is 0 Å². The van der Waals surface area contributed by atoms with Crippen molar-refractivity contribution in [3.63, 3.8) is 0 Å². The van der Waals surface area contributed by atoms with Crippen LogP contribution in [-0.2, 0) is 5.54 Å². The minimum Gasteiger partial charge on any atom is -0.491 e. The molecule has 1 aliphatic heterocycles. The van der Waals surface area contributed by atoms with Crippen LogP contribution in [-0.4, -0.2) is 37.1 Å². The lowest BCUT2D eigenvalue weighted by Gasteiger charge is -2.39. The van der Waals surface area contributed by atoms with Gasteiger partial charge in [0.1, 0.15) is 22.7 Å². The molecule has 2 heterocycles. The van der Waals surface area contributed by atoms with E-state index in [0.717, 1.165) is 5.56 Å². The van der Waals surface area contributed by atoms with E-state index in [0.29, 0.717) is 29.0 Å². The van der Waals surface area contributed by atoms with Crippen molar-refractivity contribution in [1.29, 1.82) is 0 Å². The number of hydrogen-bond acceptors (Lipinski definition) is 5. The standard InChI is InChI=1S/C26H24F3N3O3/c1-17(16-30-2)18-5-7-19(8-6-18)24(33)32-25(13-15-34-22-4-3-14-31-23(22)25)20-9-11-21(12-10-20)35-26(27,28)29/h3-12,14,16-17H,13,15H2,1-2H3,(H,32,33). The molecule has 0 saturated carbocycles. The summed E-state index contributed by atoms with van der Waals surface area (Å²) in [6.07, 6.45) is -1.06. The SMILES string of the molecule is CN=CC(C)c1ccc(C(=O)NC2(c3ccc(OC(F)(F)F)cc3)CCOc3cccnc32)cc1. The van der Waals surface area contributed by atoms with Gasteiger partial charge in [0.2, 0.25) is 0 Å². The van der Waals surface area contributed by atoms with Gasteiger partial charge in [-0.1, -0.05) is 31.2 Å². The second kappa shape index (κ2) is 9.77. The summed E-state index contributed by atoms with van der Waals surface area (Å²) < 4.78 is 47.7. The Morgan fingerprint density at radius 2 is 1.89 bits per heavy atom. The average molecular weight is 483 g/mol. The molecule has 0 bridgehead atoms. The first-order valence-electron chi connectivity index (χ1n) is 11.0. The van der Waals surface area contributed by atoms with Crippen molar-refractivity contribution >= 4 is 12.1 Å². The topological polar surface area (TPSA) is 72.8 Å². The van der Waals surface area contributed by atoms with Gasteiger partial charge in [-0.05, 0) is 47.5 Å². The highest BCUT2D eigenvalue weighted by molar-refractivity contribution is 5.95. The molecule has 6 nitrogen and oxygen atoms in total. The van der Waals surface area contributed by atoms with Crippen molar-refractivity contribution in [2.24, 2.45) is 4.99 Å². The molecule has 0 spiro atoms. The predicted molar refractivity (Wildman–Crippen MR) is 125 cm³/mol. The van der Waals surface area contributed by atoms with E-state index >= 15 is 0 Å². The number of aromatic nitrogens is 1. The number of aliphatic imine (C=N–C) groups is 1. The van der Waals surface area contributed by atoms with Gasteiger partial charge in [-0.2, -0.15) is 0 Å². The Bertz CT molecular complexity index is 1210. The molecule has 1 aliphatic rings. The van der Waals surface area contributed by atoms with Crippen LogP contribution >= 0.6 is 0 Å². The van der Waals surface area contributed by atoms with E-state index < -0.39 is 11.9 Å². The summed E-state index contributed by atoms with van der Waals surface area (Å²) in [6, 6.07) is 16.1. The van der Waals surface area contributed by atoms with Gasteiger partial charge in [0.25, 0.3) is 5.91 Å². The van der Waals surface area contributed by atoms with E-state index in [1.165, 1.54) is 24.3 Å². The number of nitrogens with one attached hydrogen (secondary N) is 1. The van der Waals surface area contributed by atoms with Crippen molar-refractivity contribution in [2.75, 3.05) is 13.7 Å². The molecule has 4 rings (SSSR count). The third-order valence-corrected chi connectivity index (χ3v) is 5.89. The van der Waals surface area contributed by atoms with Crippen molar-refractivity contribution in [2.45, 2.75) is 31.2 Å². The summed E-state index contributed by atoms with van der Waals surface area (Å²) in [4.78, 5) is 21.9. The zero-order valence-corrected chi connectivity index (χ0v) is 19.2. The van der Waals surface area contributed by atoms with Crippen molar-refractivity contribution in [1.82, 2.24) is 10.3 Å². The number of ether oxygens (including phenoxy) is 2. The molecule has 2 unspecified atom stereocenters. The monoisotopic (exact) mass is 483 g/mol. The molecule has 2 aromatic carbocycles. The van der Waals surface area contributed by atoms with E-state index in [4.69, 9.17) is 4.74 Å². The fraction of sp³-hybridized carbons (Fsp3) is 0.269. The lowest BCUT2D eigenvalue weighted by Crippen LogP contribution is -2.50. The highest BCUT2D eigenvalue weighted by Gasteiger charge is 2.42. The lowest BCUT2D eigenvalue weighted by atomic mass is 9.81. The van der Waals surface area contributed by atoms with E-state index in [9.17, 15) is 18.0 Å². The molecule has 3 aromatic rings. The normalized spacial score (nSPS) is 18.4. The molecule has 0 fully saturated rings. The van der Waals surface area contributed by atoms with Crippen LogP contribution in [0.15, 0.2) is 71.9 Å². The van der Waals surface area contributed by atoms with Crippen LogP contribution in [0.5, 0.6) is 11.5 Å². The van der Waals surface area contributed by atoms with E-state index in [1.54, 1.807) is 37.5 Å². The maximum atomic E-state index is 13.4. The van der Waals surface area contributed by atoms with Crippen molar-refractivity contribution in [3.8, 4) is 11.5 Å². The fourth-order valence-corrected chi connectivity index (χ4v) is 4.19. The van der Waals surface area contributed by atoms with E-state index in [-0.39, 0.29) is 24.2 Å². The Labute approximate surface area is 200 Å². The third-order valence-electron chi connectivity index (χ3n) is 5.89. The molecule has 35 heavy (non-hydrogen) atoms. The van der Waals surface area contributed by atoms with Gasteiger partial charge in [0, 0.05) is 37.4 Å². The predicted octanol–water partition coefficient (Wildman–Crippen LogP) is 5.24. The van der Waals surface area contributed by atoms with Gasteiger partial charge in [0.05, 0.1) is 6.61 Å². The summed E-state index contributed by atoms with van der Waals surface area (Å²) in [6.45, 7) is 2.29. The zero-order valence-electron chi connectivity index (χ0n) is 19.2. The van der Waals surface area contributed by atoms with Crippen LogP contribution < -0.4 is 14.8 Å². The van der Waals surface area contributed by atoms with Gasteiger partial charge in [-0.3, -0.25) is 9.78 Å². The number of halogens is 3. The highest BCUT2D eigenvalue weighted by atomic mass is 19.4. The maximum absolute atomic E-state index is 13.4. The molecule has 1 aromatic heterocycles. The Morgan fingerprint density at radius 3 is 2.54 bits per heavy atom. The molecule has 2 atom stereocenters. The number of carbonyl (C=O) groups is 1. The quantitative estimate of drug-likeness (QED) is 0.487. The third kappa shape index (κ3) is 5.29. The van der Waals surface area contributed by atoms with Crippen LogP contribution in [0, 0.1) is 0 Å². The van der Waals surface area contributed by atoms with E-state index in [2.05, 4.69) is 20.0 Å². The number of alkyl halides is 3. The smallest absolute Gasteiger partial charge is 0.491 e. The van der Waals surface area contributed by atoms with Crippen LogP contribution in [0.1, 0.15) is 46.4 Å². The maximum Gasteiger partial charge on any atom is 0.573 e. The van der Waals surface area contributed by atoms with Gasteiger partial charge >= 0.3 is 6.36 Å². The van der Waals surface area contributed by atoms with Crippen LogP contribution in [0.4, 0.5) is 13.2 Å². The van der Waals surface area contributed by atoms with E-state index in [1.807, 2.05) is 25.3 Å². The minimum atomic E-state index is -4.80. The fourth-order valence-electron chi connectivity index (χ4n) is 4.19. The number of rotatable bonds is 6. The van der Waals surface area contributed by atoms with Gasteiger partial charge in [-0.15, -0.1) is 13.2 Å². The Morgan fingerprint density at radius 1 is 1.17 bits per heavy atom. The number of pyridine rings is 1. The first kappa shape index (κ1) is 24.3. The largest absolute Gasteiger partial charge is 0.573 e. The average Bonchev–Trinajstić information content (AvgIpc) is 2.84. The Kier molecular flexibility index (Phi) is 6.77. The molecule has 9 heteroatoms. The second-order valence-electron chi connectivity index (χ2n) is 8.20. The number of hydrogen-bond donors (Lipinski definition) is 1. The van der Waals surface area contributed by atoms with Crippen molar-refractivity contribution < 1.29 is 27.4 Å². The van der Waals surface area contributed by atoms with Crippen LogP contribution in [0.25, 0.3) is 0 Å². The van der Waals surface area contributed by atoms with Crippen molar-refractivity contribution in [3.05, 3.63) is 89.2 Å². The number of amides is 1. The molecule has 0 saturated heterocycles. The molecule has 1 N–H and O–H groups in total. The Balaban J connectivity index is 1.70. The molecule has 0 aliphatic carbocycles. The summed E-state index contributed by atoms with van der Waals surface area (Å²) in [5.41, 5.74) is 1.39. The zero-order chi connectivity index (χ0) is 25.1. The summed E-state index contributed by atoms with van der Waals surface area (Å²) in [5.74, 6) is -0.0935. The number of fused-ring (bicyclic) bond motifs is 1. The molecule has 0 radical (unpaired) electrons. The summed E-state index contributed by atoms with van der Waals surface area (Å²) >= 11 is 0. The Hall–Kier alpha value is -3.88. The number of nitrogens with zero attached hydrogens (tertiary/aromatic N) is 2. The second-order valence-corrected chi connectivity index (χ2v) is 8.20. The highest BCUT2D eigenvalue weighted by Crippen LogP contribution is 2.41. The molecule has 182 valence electrons. The lowest BCUT2D eigenvalue weighted by molar-refractivity contribution is -0.274.